The van der Waals surface area contributed by atoms with Gasteiger partial charge in [0.15, 0.2) is 0 Å². The van der Waals surface area contributed by atoms with Crippen molar-refractivity contribution in [2.45, 2.75) is 37.6 Å². The minimum absolute atomic E-state index is 0.140. The molecule has 1 saturated heterocycles. The van der Waals surface area contributed by atoms with Crippen LogP contribution in [0.5, 0.6) is 0 Å². The number of nitrogens with zero attached hydrogens (tertiary/aromatic N) is 1. The normalized spacial score (nSPS) is 17.3. The first kappa shape index (κ1) is 21.1. The molecule has 3 rings (SSSR count). The molecule has 2 aromatic carbocycles. The van der Waals surface area contributed by atoms with Crippen LogP contribution in [0.3, 0.4) is 0 Å². The van der Waals surface area contributed by atoms with E-state index in [4.69, 9.17) is 4.74 Å². The largest absolute Gasteiger partial charge is 0.467 e. The molecule has 1 atom stereocenters. The maximum atomic E-state index is 12.9. The van der Waals surface area contributed by atoms with Crippen molar-refractivity contribution in [3.8, 4) is 0 Å². The zero-order chi connectivity index (χ0) is 20.7. The van der Waals surface area contributed by atoms with Crippen molar-refractivity contribution in [1.29, 1.82) is 0 Å². The Labute approximate surface area is 173 Å². The summed E-state index contributed by atoms with van der Waals surface area (Å²) in [6.07, 6.45) is 2.09. The third-order valence-corrected chi connectivity index (χ3v) is 5.90. The van der Waals surface area contributed by atoms with E-state index in [9.17, 15) is 9.59 Å². The minimum Gasteiger partial charge on any atom is -0.467 e. The van der Waals surface area contributed by atoms with Crippen LogP contribution in [-0.4, -0.2) is 49.1 Å². The molecule has 154 valence electrons. The van der Waals surface area contributed by atoms with Crippen LogP contribution in [-0.2, 0) is 20.7 Å². The van der Waals surface area contributed by atoms with Gasteiger partial charge in [0.1, 0.15) is 5.54 Å². The molecule has 0 aromatic heterocycles. The van der Waals surface area contributed by atoms with Crippen LogP contribution in [0.2, 0.25) is 0 Å². The number of hydrogen-bond acceptors (Lipinski definition) is 4. The fourth-order valence-corrected chi connectivity index (χ4v) is 3.90. The Bertz CT molecular complexity index is 799. The molecule has 0 aliphatic carbocycles. The number of nitrogens with one attached hydrogen (secondary N) is 1. The molecule has 1 unspecified atom stereocenters. The minimum atomic E-state index is -0.946. The molecular weight excluding hydrogens is 364 g/mol. The van der Waals surface area contributed by atoms with Crippen molar-refractivity contribution in [3.05, 3.63) is 71.8 Å². The Morgan fingerprint density at radius 2 is 1.62 bits per heavy atom. The number of rotatable bonds is 7. The average molecular weight is 395 g/mol. The summed E-state index contributed by atoms with van der Waals surface area (Å²) in [6, 6.07) is 20.0. The second kappa shape index (κ2) is 9.70. The highest BCUT2D eigenvalue weighted by molar-refractivity contribution is 5.91. The van der Waals surface area contributed by atoms with E-state index >= 15 is 0 Å². The number of piperidine rings is 1. The first-order valence-corrected chi connectivity index (χ1v) is 10.3. The van der Waals surface area contributed by atoms with E-state index < -0.39 is 5.54 Å². The summed E-state index contributed by atoms with van der Waals surface area (Å²) in [5.41, 5.74) is 1.30. The molecule has 5 nitrogen and oxygen atoms in total. The summed E-state index contributed by atoms with van der Waals surface area (Å²) in [7, 11) is 1.39. The standard InChI is InChI=1S/C24H30N2O3/c1-19(21-11-7-4-8-12-21)22(27)25-24(23(28)29-2)14-17-26(18-15-24)16-13-20-9-5-3-6-10-20/h3-12,19H,13-18H2,1-2H3,(H,25,27). The Morgan fingerprint density at radius 1 is 1.03 bits per heavy atom. The molecule has 1 aliphatic rings. The smallest absolute Gasteiger partial charge is 0.331 e. The summed E-state index contributed by atoms with van der Waals surface area (Å²) in [6.45, 7) is 4.31. The molecule has 5 heteroatoms. The second-order valence-corrected chi connectivity index (χ2v) is 7.77. The lowest BCUT2D eigenvalue weighted by atomic mass is 9.86. The van der Waals surface area contributed by atoms with Crippen molar-refractivity contribution in [1.82, 2.24) is 10.2 Å². The summed E-state index contributed by atoms with van der Waals surface area (Å²) < 4.78 is 5.07. The molecular formula is C24H30N2O3. The zero-order valence-electron chi connectivity index (χ0n) is 17.3. The van der Waals surface area contributed by atoms with Crippen molar-refractivity contribution in [2.24, 2.45) is 0 Å². The highest BCUT2D eigenvalue weighted by atomic mass is 16.5. The fourth-order valence-electron chi connectivity index (χ4n) is 3.90. The van der Waals surface area contributed by atoms with Crippen molar-refractivity contribution < 1.29 is 14.3 Å². The number of esters is 1. The van der Waals surface area contributed by atoms with Gasteiger partial charge in [0.2, 0.25) is 5.91 Å². The molecule has 1 fully saturated rings. The predicted octanol–water partition coefficient (Wildman–Crippen LogP) is 3.16. The van der Waals surface area contributed by atoms with Crippen LogP contribution < -0.4 is 5.32 Å². The summed E-state index contributed by atoms with van der Waals surface area (Å²) in [4.78, 5) is 27.9. The zero-order valence-corrected chi connectivity index (χ0v) is 17.3. The van der Waals surface area contributed by atoms with Gasteiger partial charge in [-0.25, -0.2) is 4.79 Å². The fraction of sp³-hybridized carbons (Fsp3) is 0.417. The molecule has 0 bridgehead atoms. The quantitative estimate of drug-likeness (QED) is 0.733. The summed E-state index contributed by atoms with van der Waals surface area (Å²) in [5, 5.41) is 3.04. The summed E-state index contributed by atoms with van der Waals surface area (Å²) in [5.74, 6) is -0.818. The van der Waals surface area contributed by atoms with Gasteiger partial charge in [-0.05, 0) is 37.3 Å². The molecule has 1 aliphatic heterocycles. The maximum Gasteiger partial charge on any atom is 0.331 e. The Hall–Kier alpha value is -2.66. The van der Waals surface area contributed by atoms with E-state index in [0.29, 0.717) is 12.8 Å². The lowest BCUT2D eigenvalue weighted by Gasteiger charge is -2.40. The predicted molar refractivity (Wildman–Crippen MR) is 114 cm³/mol. The molecule has 0 spiro atoms. The van der Waals surface area contributed by atoms with Crippen LogP contribution in [0.1, 0.15) is 36.8 Å². The number of hydrogen-bond donors (Lipinski definition) is 1. The Morgan fingerprint density at radius 3 is 2.21 bits per heavy atom. The van der Waals surface area contributed by atoms with Gasteiger partial charge in [0.05, 0.1) is 13.0 Å². The van der Waals surface area contributed by atoms with Crippen molar-refractivity contribution >= 4 is 11.9 Å². The molecule has 2 aromatic rings. The first-order valence-electron chi connectivity index (χ1n) is 10.3. The topological polar surface area (TPSA) is 58.6 Å². The molecule has 1 amide bonds. The number of ether oxygens (including phenoxy) is 1. The monoisotopic (exact) mass is 394 g/mol. The Balaban J connectivity index is 1.61. The van der Waals surface area contributed by atoms with E-state index in [1.807, 2.05) is 43.3 Å². The number of methoxy groups -OCH3 is 1. The maximum absolute atomic E-state index is 12.9. The van der Waals surface area contributed by atoms with E-state index in [-0.39, 0.29) is 17.8 Å². The number of carbonyl (C=O) groups is 2. The van der Waals surface area contributed by atoms with Crippen LogP contribution in [0.25, 0.3) is 0 Å². The van der Waals surface area contributed by atoms with Crippen molar-refractivity contribution in [3.63, 3.8) is 0 Å². The van der Waals surface area contributed by atoms with Gasteiger partial charge in [-0.1, -0.05) is 60.7 Å². The molecule has 1 heterocycles. The SMILES string of the molecule is COC(=O)C1(NC(=O)C(C)c2ccccc2)CCN(CCc2ccccc2)CC1. The van der Waals surface area contributed by atoms with E-state index in [0.717, 1.165) is 31.6 Å². The molecule has 0 radical (unpaired) electrons. The van der Waals surface area contributed by atoms with Gasteiger partial charge in [0.25, 0.3) is 0 Å². The lowest BCUT2D eigenvalue weighted by Crippen LogP contribution is -2.61. The van der Waals surface area contributed by atoms with Crippen LogP contribution >= 0.6 is 0 Å². The third-order valence-electron chi connectivity index (χ3n) is 5.90. The van der Waals surface area contributed by atoms with Gasteiger partial charge in [-0.2, -0.15) is 0 Å². The van der Waals surface area contributed by atoms with Crippen LogP contribution in [0, 0.1) is 0 Å². The molecule has 29 heavy (non-hydrogen) atoms. The van der Waals surface area contributed by atoms with Gasteiger partial charge in [-0.15, -0.1) is 0 Å². The van der Waals surface area contributed by atoms with E-state index in [2.05, 4.69) is 34.5 Å². The highest BCUT2D eigenvalue weighted by Crippen LogP contribution is 2.26. The van der Waals surface area contributed by atoms with E-state index in [1.165, 1.54) is 12.7 Å². The first-order chi connectivity index (χ1) is 14.0. The number of carbonyl (C=O) groups excluding carboxylic acids is 2. The van der Waals surface area contributed by atoms with Gasteiger partial charge in [-0.3, -0.25) is 4.79 Å². The number of likely N-dealkylation sites (tertiary alicyclic amines) is 1. The Kier molecular flexibility index (Phi) is 7.04. The second-order valence-electron chi connectivity index (χ2n) is 7.77. The van der Waals surface area contributed by atoms with E-state index in [1.54, 1.807) is 0 Å². The average Bonchev–Trinajstić information content (AvgIpc) is 2.78. The highest BCUT2D eigenvalue weighted by Gasteiger charge is 2.44. The third kappa shape index (κ3) is 5.24. The summed E-state index contributed by atoms with van der Waals surface area (Å²) >= 11 is 0. The van der Waals surface area contributed by atoms with Gasteiger partial charge in [0, 0.05) is 19.6 Å². The van der Waals surface area contributed by atoms with Gasteiger partial charge >= 0.3 is 5.97 Å². The molecule has 1 N–H and O–H groups in total. The van der Waals surface area contributed by atoms with Crippen LogP contribution in [0.15, 0.2) is 60.7 Å². The van der Waals surface area contributed by atoms with Crippen molar-refractivity contribution in [2.75, 3.05) is 26.7 Å². The molecule has 0 saturated carbocycles. The van der Waals surface area contributed by atoms with Gasteiger partial charge < -0.3 is 15.0 Å². The van der Waals surface area contributed by atoms with Crippen LogP contribution in [0.4, 0.5) is 0 Å². The number of benzene rings is 2. The number of amides is 1. The lowest BCUT2D eigenvalue weighted by molar-refractivity contribution is -0.153.